The van der Waals surface area contributed by atoms with Crippen molar-refractivity contribution >= 4 is 5.78 Å². The number of carbonyl (C=O) groups excluding carboxylic acids is 1. The second-order valence-electron chi connectivity index (χ2n) is 14.6. The van der Waals surface area contributed by atoms with Crippen LogP contribution in [-0.2, 0) is 9.53 Å². The summed E-state index contributed by atoms with van der Waals surface area (Å²) in [5, 5.41) is 0. The van der Waals surface area contributed by atoms with Gasteiger partial charge in [-0.1, -0.05) is 54.0 Å². The van der Waals surface area contributed by atoms with Gasteiger partial charge in [-0.05, 0) is 102 Å². The smallest absolute Gasteiger partial charge is 0.159 e. The van der Waals surface area contributed by atoms with Gasteiger partial charge in [0.15, 0.2) is 5.78 Å². The monoisotopic (exact) mass is 438 g/mol. The molecule has 6 fully saturated rings. The van der Waals surface area contributed by atoms with Crippen LogP contribution in [0.1, 0.15) is 106 Å². The zero-order chi connectivity index (χ0) is 22.9. The Morgan fingerprint density at radius 3 is 2.25 bits per heavy atom. The number of Topliss-reactive ketones (excluding diaryl/α,β-unsaturated/α-hetero) is 1. The number of hydrogen-bond donors (Lipinski definition) is 0. The van der Waals surface area contributed by atoms with Crippen LogP contribution in [0, 0.1) is 50.7 Å². The van der Waals surface area contributed by atoms with Gasteiger partial charge in [-0.3, -0.25) is 4.79 Å². The first kappa shape index (κ1) is 21.9. The van der Waals surface area contributed by atoms with Crippen molar-refractivity contribution < 1.29 is 9.53 Å². The summed E-state index contributed by atoms with van der Waals surface area (Å²) in [6.45, 7) is 18.3. The number of carbonyl (C=O) groups is 1. The van der Waals surface area contributed by atoms with Crippen LogP contribution in [0.3, 0.4) is 0 Å². The van der Waals surface area contributed by atoms with E-state index >= 15 is 0 Å². The largest absolute Gasteiger partial charge is 0.377 e. The lowest BCUT2D eigenvalue weighted by Gasteiger charge is -2.74. The van der Waals surface area contributed by atoms with Crippen LogP contribution >= 0.6 is 0 Å². The third-order valence-corrected chi connectivity index (χ3v) is 13.0. The molecular formula is C30H46O2. The molecule has 4 saturated carbocycles. The lowest BCUT2D eigenvalue weighted by molar-refractivity contribution is -0.298. The highest BCUT2D eigenvalue weighted by Crippen LogP contribution is 2.77. The van der Waals surface area contributed by atoms with E-state index in [4.69, 9.17) is 4.74 Å². The van der Waals surface area contributed by atoms with Gasteiger partial charge in [0.1, 0.15) is 0 Å². The van der Waals surface area contributed by atoms with Crippen LogP contribution in [0.25, 0.3) is 0 Å². The summed E-state index contributed by atoms with van der Waals surface area (Å²) in [5.74, 6) is 3.04. The van der Waals surface area contributed by atoms with Crippen molar-refractivity contribution in [1.82, 2.24) is 0 Å². The second-order valence-corrected chi connectivity index (χ2v) is 14.6. The molecule has 0 radical (unpaired) electrons. The van der Waals surface area contributed by atoms with Gasteiger partial charge in [0, 0.05) is 11.8 Å². The zero-order valence-corrected chi connectivity index (χ0v) is 21.8. The standard InChI is InChI=1S/C30H46O2/c1-18(2)24-20(31)16-27(5)14-15-28(6)19(25(24)27)8-9-22-29(28,7)12-10-21-26(3,4)23-11-13-30(21,22)17-32-23/h18-19,21-23H,8-17H2,1-7H3/t19-,21+,22+,23+,27+,28-,29-,30-/m1/s1. The van der Waals surface area contributed by atoms with Gasteiger partial charge in [0.25, 0.3) is 0 Å². The molecule has 1 spiro atoms. The van der Waals surface area contributed by atoms with Gasteiger partial charge < -0.3 is 4.74 Å². The number of fused-ring (bicyclic) bond motifs is 7. The van der Waals surface area contributed by atoms with Crippen molar-refractivity contribution in [2.24, 2.45) is 50.7 Å². The summed E-state index contributed by atoms with van der Waals surface area (Å²) in [4.78, 5) is 13.2. The number of allylic oxidation sites excluding steroid dienone is 2. The molecular weight excluding hydrogens is 392 g/mol. The number of rotatable bonds is 1. The van der Waals surface area contributed by atoms with E-state index in [9.17, 15) is 4.79 Å². The molecule has 2 heterocycles. The van der Waals surface area contributed by atoms with E-state index in [2.05, 4.69) is 48.5 Å². The molecule has 7 rings (SSSR count). The predicted molar refractivity (Wildman–Crippen MR) is 129 cm³/mol. The Morgan fingerprint density at radius 2 is 1.59 bits per heavy atom. The Balaban J connectivity index is 1.46. The van der Waals surface area contributed by atoms with Crippen LogP contribution in [0.4, 0.5) is 0 Å². The molecule has 0 unspecified atom stereocenters. The molecule has 2 nitrogen and oxygen atoms in total. The molecule has 2 aliphatic heterocycles. The summed E-state index contributed by atoms with van der Waals surface area (Å²) in [5.41, 5.74) is 4.38. The molecule has 0 amide bonds. The fraction of sp³-hybridized carbons (Fsp3) is 0.900. The van der Waals surface area contributed by atoms with Crippen LogP contribution in [-0.4, -0.2) is 18.5 Å². The lowest BCUT2D eigenvalue weighted by atomic mass is 9.32. The molecule has 8 atom stereocenters. The van der Waals surface area contributed by atoms with Crippen LogP contribution < -0.4 is 0 Å². The number of hydrogen-bond acceptors (Lipinski definition) is 2. The van der Waals surface area contributed by atoms with E-state index in [-0.39, 0.29) is 5.41 Å². The maximum absolute atomic E-state index is 13.2. The van der Waals surface area contributed by atoms with E-state index in [1.807, 2.05) is 0 Å². The van der Waals surface area contributed by atoms with Crippen molar-refractivity contribution in [3.8, 4) is 0 Å². The predicted octanol–water partition coefficient (Wildman–Crippen LogP) is 7.37. The van der Waals surface area contributed by atoms with Gasteiger partial charge >= 0.3 is 0 Å². The molecule has 0 N–H and O–H groups in total. The zero-order valence-electron chi connectivity index (χ0n) is 21.8. The molecule has 178 valence electrons. The van der Waals surface area contributed by atoms with Crippen molar-refractivity contribution in [1.29, 1.82) is 0 Å². The quantitative estimate of drug-likeness (QED) is 0.427. The second kappa shape index (κ2) is 6.32. The third-order valence-electron chi connectivity index (χ3n) is 13.0. The highest BCUT2D eigenvalue weighted by Gasteiger charge is 2.72. The molecule has 5 aliphatic carbocycles. The van der Waals surface area contributed by atoms with Gasteiger partial charge in [-0.15, -0.1) is 0 Å². The van der Waals surface area contributed by atoms with Crippen molar-refractivity contribution in [3.63, 3.8) is 0 Å². The minimum absolute atomic E-state index is 0.132. The molecule has 2 heteroatoms. The van der Waals surface area contributed by atoms with Crippen molar-refractivity contribution in [2.45, 2.75) is 112 Å². The van der Waals surface area contributed by atoms with Gasteiger partial charge in [-0.2, -0.15) is 0 Å². The number of ketones is 1. The fourth-order valence-electron chi connectivity index (χ4n) is 11.4. The molecule has 0 aromatic rings. The first-order chi connectivity index (χ1) is 14.9. The highest BCUT2D eigenvalue weighted by molar-refractivity contribution is 6.00. The molecule has 0 aromatic carbocycles. The Hall–Kier alpha value is -0.630. The van der Waals surface area contributed by atoms with Gasteiger partial charge in [0.2, 0.25) is 0 Å². The van der Waals surface area contributed by atoms with Gasteiger partial charge in [-0.25, -0.2) is 0 Å². The number of ether oxygens (including phenoxy) is 1. The lowest BCUT2D eigenvalue weighted by Crippen LogP contribution is -2.70. The third kappa shape index (κ3) is 2.30. The Bertz CT molecular complexity index is 887. The van der Waals surface area contributed by atoms with E-state index < -0.39 is 0 Å². The van der Waals surface area contributed by atoms with Crippen molar-refractivity contribution in [2.75, 3.05) is 6.61 Å². The average Bonchev–Trinajstić information content (AvgIpc) is 2.99. The minimum Gasteiger partial charge on any atom is -0.377 e. The maximum atomic E-state index is 13.2. The van der Waals surface area contributed by atoms with Crippen LogP contribution in [0.5, 0.6) is 0 Å². The summed E-state index contributed by atoms with van der Waals surface area (Å²) >= 11 is 0. The molecule has 7 aliphatic rings. The Labute approximate surface area is 196 Å². The van der Waals surface area contributed by atoms with E-state index in [0.29, 0.717) is 45.4 Å². The van der Waals surface area contributed by atoms with E-state index in [1.165, 1.54) is 56.9 Å². The van der Waals surface area contributed by atoms with Gasteiger partial charge in [0.05, 0.1) is 12.7 Å². The first-order valence-corrected chi connectivity index (χ1v) is 13.8. The topological polar surface area (TPSA) is 26.3 Å². The Morgan fingerprint density at radius 1 is 0.844 bits per heavy atom. The minimum atomic E-state index is 0.132. The molecule has 2 bridgehead atoms. The van der Waals surface area contributed by atoms with Crippen LogP contribution in [0.15, 0.2) is 11.1 Å². The molecule has 0 aromatic heterocycles. The Kier molecular flexibility index (Phi) is 4.32. The van der Waals surface area contributed by atoms with Crippen molar-refractivity contribution in [3.05, 3.63) is 11.1 Å². The molecule has 2 saturated heterocycles. The average molecular weight is 439 g/mol. The summed E-state index contributed by atoms with van der Waals surface area (Å²) in [6, 6.07) is 0. The van der Waals surface area contributed by atoms with E-state index in [1.54, 1.807) is 5.57 Å². The first-order valence-electron chi connectivity index (χ1n) is 13.8. The van der Waals surface area contributed by atoms with E-state index in [0.717, 1.165) is 24.9 Å². The summed E-state index contributed by atoms with van der Waals surface area (Å²) < 4.78 is 6.61. The highest BCUT2D eigenvalue weighted by atomic mass is 16.5. The summed E-state index contributed by atoms with van der Waals surface area (Å²) in [7, 11) is 0. The van der Waals surface area contributed by atoms with Crippen LogP contribution in [0.2, 0.25) is 0 Å². The maximum Gasteiger partial charge on any atom is 0.159 e. The normalized spacial score (nSPS) is 53.7. The summed E-state index contributed by atoms with van der Waals surface area (Å²) in [6.07, 6.45) is 11.8. The SMILES string of the molecule is CC(C)C1=C2[C@H]3CC[C@@H]4[C@]56CC[C@H](OC5)C(C)(C)[C@@H]6CC[C@@]4(C)[C@]3(C)CC[C@@]2(C)CC1=O. The fourth-order valence-corrected chi connectivity index (χ4v) is 11.4. The molecule has 32 heavy (non-hydrogen) atoms.